The van der Waals surface area contributed by atoms with E-state index in [1.54, 1.807) is 48.5 Å². The van der Waals surface area contributed by atoms with Crippen LogP contribution in [0.3, 0.4) is 0 Å². The second kappa shape index (κ2) is 8.77. The lowest BCUT2D eigenvalue weighted by atomic mass is 10.2. The molecule has 4 aromatic rings. The van der Waals surface area contributed by atoms with E-state index in [1.165, 1.54) is 0 Å². The molecule has 3 aromatic carbocycles. The zero-order valence-corrected chi connectivity index (χ0v) is 17.7. The first-order valence-corrected chi connectivity index (χ1v) is 10.0. The van der Waals surface area contributed by atoms with Crippen LogP contribution in [0.4, 0.5) is 5.69 Å². The van der Waals surface area contributed by atoms with Crippen LogP contribution in [0.1, 0.15) is 32.1 Å². The lowest BCUT2D eigenvalue weighted by molar-refractivity contribution is 0.0997. The molecule has 0 radical (unpaired) electrons. The number of rotatable bonds is 6. The molecule has 0 aliphatic rings. The molecule has 1 aromatic heterocycles. The molecule has 32 heavy (non-hydrogen) atoms. The molecule has 7 heteroatoms. The Morgan fingerprint density at radius 3 is 2.06 bits per heavy atom. The Bertz CT molecular complexity index is 1280. The van der Waals surface area contributed by atoms with E-state index in [4.69, 9.17) is 10.5 Å². The Labute approximate surface area is 185 Å². The number of carbonyl (C=O) groups excluding carboxylic acids is 2. The first-order valence-electron chi connectivity index (χ1n) is 10.0. The highest BCUT2D eigenvalue weighted by atomic mass is 16.5. The maximum atomic E-state index is 12.7. The second-order valence-electron chi connectivity index (χ2n) is 7.36. The number of nitrogens with two attached hydrogens (primary N) is 1. The number of primary amides is 1. The van der Waals surface area contributed by atoms with E-state index < -0.39 is 5.91 Å². The smallest absolute Gasteiger partial charge is 0.255 e. The van der Waals surface area contributed by atoms with Gasteiger partial charge in [-0.1, -0.05) is 6.07 Å². The number of amides is 2. The Kier molecular flexibility index (Phi) is 5.72. The zero-order valence-electron chi connectivity index (χ0n) is 17.7. The SMILES string of the molecule is Cc1cc(C)n(-c2cccc(NC(=O)c3ccc(Oc4ccc(C(N)=O)cc4)cc3)c2)n1. The molecule has 3 N–H and O–H groups in total. The number of nitrogens with zero attached hydrogens (tertiary/aromatic N) is 2. The average molecular weight is 426 g/mol. The number of benzene rings is 3. The predicted molar refractivity (Wildman–Crippen MR) is 122 cm³/mol. The molecule has 1 heterocycles. The quantitative estimate of drug-likeness (QED) is 0.469. The highest BCUT2D eigenvalue weighted by Crippen LogP contribution is 2.23. The van der Waals surface area contributed by atoms with Crippen molar-refractivity contribution in [2.75, 3.05) is 5.32 Å². The van der Waals surface area contributed by atoms with Gasteiger partial charge >= 0.3 is 0 Å². The van der Waals surface area contributed by atoms with Crippen molar-refractivity contribution in [1.82, 2.24) is 9.78 Å². The van der Waals surface area contributed by atoms with Gasteiger partial charge in [-0.05, 0) is 86.6 Å². The van der Waals surface area contributed by atoms with E-state index in [1.807, 2.05) is 48.9 Å². The molecule has 0 aliphatic heterocycles. The van der Waals surface area contributed by atoms with Crippen molar-refractivity contribution in [3.63, 3.8) is 0 Å². The van der Waals surface area contributed by atoms with Crippen molar-refractivity contribution in [2.24, 2.45) is 5.73 Å². The molecule has 0 saturated heterocycles. The van der Waals surface area contributed by atoms with Crippen molar-refractivity contribution in [1.29, 1.82) is 0 Å². The average Bonchev–Trinajstić information content (AvgIpc) is 3.12. The summed E-state index contributed by atoms with van der Waals surface area (Å²) in [6.45, 7) is 3.93. The molecule has 0 atom stereocenters. The minimum atomic E-state index is -0.493. The molecule has 0 bridgehead atoms. The molecule has 0 unspecified atom stereocenters. The van der Waals surface area contributed by atoms with Gasteiger partial charge in [0, 0.05) is 22.5 Å². The fourth-order valence-corrected chi connectivity index (χ4v) is 3.31. The number of carbonyl (C=O) groups is 2. The number of hydrogen-bond acceptors (Lipinski definition) is 4. The fraction of sp³-hybridized carbons (Fsp3) is 0.0800. The molecule has 0 spiro atoms. The van der Waals surface area contributed by atoms with Gasteiger partial charge in [0.05, 0.1) is 11.4 Å². The van der Waals surface area contributed by atoms with Crippen molar-refractivity contribution < 1.29 is 14.3 Å². The maximum Gasteiger partial charge on any atom is 0.255 e. The zero-order chi connectivity index (χ0) is 22.7. The summed E-state index contributed by atoms with van der Waals surface area (Å²) in [4.78, 5) is 23.8. The summed E-state index contributed by atoms with van der Waals surface area (Å²) < 4.78 is 7.59. The molecule has 4 rings (SSSR count). The normalized spacial score (nSPS) is 10.6. The molecule has 0 fully saturated rings. The predicted octanol–water partition coefficient (Wildman–Crippen LogP) is 4.63. The standard InChI is InChI=1S/C25H22N4O3/c1-16-14-17(2)29(28-16)21-5-3-4-20(15-21)27-25(31)19-8-12-23(13-9-19)32-22-10-6-18(7-11-22)24(26)30/h3-15H,1-2H3,(H2,26,30)(H,27,31). The van der Waals surface area contributed by atoms with Gasteiger partial charge in [0.1, 0.15) is 11.5 Å². The summed E-state index contributed by atoms with van der Waals surface area (Å²) in [6.07, 6.45) is 0. The van der Waals surface area contributed by atoms with Crippen LogP contribution in [0.2, 0.25) is 0 Å². The van der Waals surface area contributed by atoms with Crippen LogP contribution in [0.5, 0.6) is 11.5 Å². The van der Waals surface area contributed by atoms with Crippen molar-refractivity contribution in [2.45, 2.75) is 13.8 Å². The Balaban J connectivity index is 1.43. The minimum absolute atomic E-state index is 0.229. The maximum absolute atomic E-state index is 12.7. The monoisotopic (exact) mass is 426 g/mol. The molecule has 160 valence electrons. The Hall–Kier alpha value is -4.39. The van der Waals surface area contributed by atoms with Gasteiger partial charge < -0.3 is 15.8 Å². The highest BCUT2D eigenvalue weighted by Gasteiger charge is 2.09. The van der Waals surface area contributed by atoms with Crippen LogP contribution >= 0.6 is 0 Å². The number of anilines is 1. The summed E-state index contributed by atoms with van der Waals surface area (Å²) in [5.74, 6) is 0.410. The first kappa shape index (κ1) is 20.9. The van der Waals surface area contributed by atoms with Crippen LogP contribution in [-0.2, 0) is 0 Å². The Morgan fingerprint density at radius 2 is 1.50 bits per heavy atom. The van der Waals surface area contributed by atoms with Crippen molar-refractivity contribution >= 4 is 17.5 Å². The van der Waals surface area contributed by atoms with Crippen molar-refractivity contribution in [3.8, 4) is 17.2 Å². The van der Waals surface area contributed by atoms with Gasteiger partial charge in [-0.15, -0.1) is 0 Å². The number of aromatic nitrogens is 2. The van der Waals surface area contributed by atoms with E-state index in [2.05, 4.69) is 10.4 Å². The van der Waals surface area contributed by atoms with Crippen LogP contribution < -0.4 is 15.8 Å². The number of ether oxygens (including phenoxy) is 1. The van der Waals surface area contributed by atoms with E-state index >= 15 is 0 Å². The van der Waals surface area contributed by atoms with Crippen LogP contribution in [-0.4, -0.2) is 21.6 Å². The van der Waals surface area contributed by atoms with E-state index in [-0.39, 0.29) is 5.91 Å². The minimum Gasteiger partial charge on any atom is -0.457 e. The molecular formula is C25H22N4O3. The highest BCUT2D eigenvalue weighted by molar-refractivity contribution is 6.04. The molecular weight excluding hydrogens is 404 g/mol. The van der Waals surface area contributed by atoms with E-state index in [9.17, 15) is 9.59 Å². The largest absolute Gasteiger partial charge is 0.457 e. The number of hydrogen-bond donors (Lipinski definition) is 2. The van der Waals surface area contributed by atoms with Gasteiger partial charge in [0.25, 0.3) is 5.91 Å². The van der Waals surface area contributed by atoms with E-state index in [0.29, 0.717) is 28.3 Å². The van der Waals surface area contributed by atoms with Crippen LogP contribution in [0.15, 0.2) is 78.9 Å². The summed E-state index contributed by atoms with van der Waals surface area (Å²) in [6, 6.07) is 22.9. The first-order chi connectivity index (χ1) is 15.4. The third-order valence-electron chi connectivity index (χ3n) is 4.85. The van der Waals surface area contributed by atoms with Gasteiger partial charge in [0.2, 0.25) is 5.91 Å². The van der Waals surface area contributed by atoms with Crippen LogP contribution in [0.25, 0.3) is 5.69 Å². The summed E-state index contributed by atoms with van der Waals surface area (Å²) >= 11 is 0. The van der Waals surface area contributed by atoms with Gasteiger partial charge in [-0.3, -0.25) is 9.59 Å². The van der Waals surface area contributed by atoms with Gasteiger partial charge in [0.15, 0.2) is 0 Å². The fourth-order valence-electron chi connectivity index (χ4n) is 3.31. The third-order valence-corrected chi connectivity index (χ3v) is 4.85. The molecule has 0 saturated carbocycles. The second-order valence-corrected chi connectivity index (χ2v) is 7.36. The lowest BCUT2D eigenvalue weighted by Crippen LogP contribution is -2.12. The molecule has 0 aliphatic carbocycles. The summed E-state index contributed by atoms with van der Waals surface area (Å²) in [7, 11) is 0. The molecule has 7 nitrogen and oxygen atoms in total. The third kappa shape index (κ3) is 4.67. The number of aryl methyl sites for hydroxylation is 2. The summed E-state index contributed by atoms with van der Waals surface area (Å²) in [5.41, 5.74) is 9.65. The van der Waals surface area contributed by atoms with Crippen molar-refractivity contribution in [3.05, 3.63) is 101 Å². The van der Waals surface area contributed by atoms with Gasteiger partial charge in [-0.25, -0.2) is 4.68 Å². The molecule has 2 amide bonds. The number of nitrogens with one attached hydrogen (secondary N) is 1. The summed E-state index contributed by atoms with van der Waals surface area (Å²) in [5, 5.41) is 7.40. The van der Waals surface area contributed by atoms with Crippen LogP contribution in [0, 0.1) is 13.8 Å². The van der Waals surface area contributed by atoms with Gasteiger partial charge in [-0.2, -0.15) is 5.10 Å². The van der Waals surface area contributed by atoms with E-state index in [0.717, 1.165) is 17.1 Å². The topological polar surface area (TPSA) is 99.2 Å². The lowest BCUT2D eigenvalue weighted by Gasteiger charge is -2.10. The Morgan fingerprint density at radius 1 is 0.875 bits per heavy atom.